The van der Waals surface area contributed by atoms with Crippen LogP contribution in [0.2, 0.25) is 0 Å². The number of nitrogens with zero attached hydrogens (tertiary/aromatic N) is 2. The largest absolute Gasteiger partial charge is 0.493 e. The van der Waals surface area contributed by atoms with Gasteiger partial charge in [0.1, 0.15) is 5.75 Å². The highest BCUT2D eigenvalue weighted by atomic mass is 32.2. The molecule has 0 bridgehead atoms. The number of H-pyrrole nitrogens is 1. The van der Waals surface area contributed by atoms with Crippen LogP contribution >= 0.6 is 23.1 Å². The van der Waals surface area contributed by atoms with Crippen LogP contribution in [0.1, 0.15) is 37.0 Å². The number of carbonyl (C=O) groups excluding carboxylic acids is 1. The molecule has 6 nitrogen and oxygen atoms in total. The zero-order valence-corrected chi connectivity index (χ0v) is 19.4. The number of carbonyl (C=O) groups is 1. The molecule has 3 heterocycles. The molecule has 2 aromatic heterocycles. The summed E-state index contributed by atoms with van der Waals surface area (Å²) in [5.74, 6) is 1.38. The van der Waals surface area contributed by atoms with Crippen molar-refractivity contribution < 1.29 is 9.53 Å². The maximum absolute atomic E-state index is 12.0. The van der Waals surface area contributed by atoms with Crippen LogP contribution in [0.4, 0.5) is 0 Å². The van der Waals surface area contributed by atoms with Gasteiger partial charge in [-0.2, -0.15) is 0 Å². The number of para-hydroxylation sites is 2. The standard InChI is InChI=1S/C23H30N4O2S2/c28-22(17-31-23-25-20-8-2-3-9-21(20)26-23)24-10-4-7-13-29-18-14-19(30-16-18)15-27-11-5-1-6-12-27/h2-3,8-9,14,16H,1,4-7,10-13,15,17H2,(H,24,28)(H,25,26). The molecule has 1 aliphatic heterocycles. The first-order valence-electron chi connectivity index (χ1n) is 11.0. The van der Waals surface area contributed by atoms with Gasteiger partial charge < -0.3 is 15.0 Å². The third kappa shape index (κ3) is 6.98. The van der Waals surface area contributed by atoms with E-state index in [0.717, 1.165) is 41.3 Å². The van der Waals surface area contributed by atoms with E-state index in [1.165, 1.54) is 49.0 Å². The monoisotopic (exact) mass is 458 g/mol. The molecule has 0 radical (unpaired) electrons. The lowest BCUT2D eigenvalue weighted by Gasteiger charge is -2.25. The summed E-state index contributed by atoms with van der Waals surface area (Å²) >= 11 is 3.22. The van der Waals surface area contributed by atoms with Crippen molar-refractivity contribution in [2.24, 2.45) is 0 Å². The zero-order chi connectivity index (χ0) is 21.3. The Morgan fingerprint density at radius 2 is 2.10 bits per heavy atom. The number of aromatic amines is 1. The Hall–Kier alpha value is -2.03. The molecular formula is C23H30N4O2S2. The predicted molar refractivity (Wildman–Crippen MR) is 128 cm³/mol. The highest BCUT2D eigenvalue weighted by molar-refractivity contribution is 7.99. The summed E-state index contributed by atoms with van der Waals surface area (Å²) in [4.78, 5) is 23.7. The molecule has 0 unspecified atom stereocenters. The van der Waals surface area contributed by atoms with Crippen molar-refractivity contribution >= 4 is 40.0 Å². The third-order valence-electron chi connectivity index (χ3n) is 5.33. The van der Waals surface area contributed by atoms with Gasteiger partial charge in [0.25, 0.3) is 0 Å². The van der Waals surface area contributed by atoms with Crippen molar-refractivity contribution in [2.45, 2.75) is 43.8 Å². The quantitative estimate of drug-likeness (QED) is 0.323. The first-order valence-corrected chi connectivity index (χ1v) is 12.9. The van der Waals surface area contributed by atoms with Gasteiger partial charge in [-0.3, -0.25) is 9.69 Å². The Balaban J connectivity index is 1.05. The number of hydrogen-bond acceptors (Lipinski definition) is 6. The summed E-state index contributed by atoms with van der Waals surface area (Å²) in [5, 5.41) is 5.86. The number of rotatable bonds is 11. The number of benzene rings is 1. The van der Waals surface area contributed by atoms with Gasteiger partial charge in [-0.25, -0.2) is 4.98 Å². The van der Waals surface area contributed by atoms with E-state index >= 15 is 0 Å². The smallest absolute Gasteiger partial charge is 0.230 e. The Morgan fingerprint density at radius 3 is 2.97 bits per heavy atom. The molecule has 1 aliphatic rings. The fourth-order valence-electron chi connectivity index (χ4n) is 3.68. The van der Waals surface area contributed by atoms with Crippen molar-refractivity contribution in [2.75, 3.05) is 32.0 Å². The van der Waals surface area contributed by atoms with Crippen molar-refractivity contribution in [1.29, 1.82) is 0 Å². The second-order valence-corrected chi connectivity index (χ2v) is 9.80. The molecular weight excluding hydrogens is 428 g/mol. The molecule has 1 aromatic carbocycles. The summed E-state index contributed by atoms with van der Waals surface area (Å²) < 4.78 is 5.88. The van der Waals surface area contributed by atoms with Crippen LogP contribution in [0, 0.1) is 0 Å². The number of thiophene rings is 1. The number of fused-ring (bicyclic) bond motifs is 1. The van der Waals surface area contributed by atoms with Crippen LogP contribution in [0.5, 0.6) is 5.75 Å². The van der Waals surface area contributed by atoms with Crippen LogP contribution < -0.4 is 10.1 Å². The number of aromatic nitrogens is 2. The number of hydrogen-bond donors (Lipinski definition) is 2. The highest BCUT2D eigenvalue weighted by Crippen LogP contribution is 2.24. The molecule has 1 saturated heterocycles. The second kappa shape index (κ2) is 11.5. The minimum Gasteiger partial charge on any atom is -0.493 e. The fraction of sp³-hybridized carbons (Fsp3) is 0.478. The minimum atomic E-state index is 0.0339. The summed E-state index contributed by atoms with van der Waals surface area (Å²) in [6, 6.07) is 10.1. The lowest BCUT2D eigenvalue weighted by molar-refractivity contribution is -0.118. The van der Waals surface area contributed by atoms with E-state index in [-0.39, 0.29) is 5.91 Å². The molecule has 1 amide bonds. The second-order valence-electron chi connectivity index (χ2n) is 7.84. The van der Waals surface area contributed by atoms with Gasteiger partial charge in [0.05, 0.1) is 23.4 Å². The molecule has 8 heteroatoms. The molecule has 2 N–H and O–H groups in total. The number of piperidine rings is 1. The van der Waals surface area contributed by atoms with Crippen LogP contribution in [-0.2, 0) is 11.3 Å². The maximum atomic E-state index is 12.0. The first kappa shape index (κ1) is 22.2. The molecule has 0 saturated carbocycles. The topological polar surface area (TPSA) is 70.2 Å². The van der Waals surface area contributed by atoms with E-state index in [0.29, 0.717) is 18.9 Å². The number of amides is 1. The van der Waals surface area contributed by atoms with E-state index in [9.17, 15) is 4.79 Å². The van der Waals surface area contributed by atoms with Crippen molar-refractivity contribution in [3.05, 3.63) is 40.6 Å². The van der Waals surface area contributed by atoms with Crippen LogP contribution in [0.25, 0.3) is 11.0 Å². The SMILES string of the molecule is O=C(CSc1nc2ccccc2[nH]1)NCCCCOc1csc(CN2CCCCC2)c1. The summed E-state index contributed by atoms with van der Waals surface area (Å²) in [6.45, 7) is 4.84. The van der Waals surface area contributed by atoms with Gasteiger partial charge in [-0.15, -0.1) is 11.3 Å². The molecule has 1 fully saturated rings. The number of thioether (sulfide) groups is 1. The van der Waals surface area contributed by atoms with Crippen molar-refractivity contribution in [3.8, 4) is 5.75 Å². The number of unbranched alkanes of at least 4 members (excludes halogenated alkanes) is 1. The van der Waals surface area contributed by atoms with Gasteiger partial charge in [0.2, 0.25) is 5.91 Å². The summed E-state index contributed by atoms with van der Waals surface area (Å²) in [7, 11) is 0. The molecule has 0 atom stereocenters. The van der Waals surface area contributed by atoms with E-state index in [2.05, 4.69) is 31.6 Å². The lowest BCUT2D eigenvalue weighted by atomic mass is 10.1. The Labute approximate surface area is 191 Å². The molecule has 0 spiro atoms. The lowest BCUT2D eigenvalue weighted by Crippen LogP contribution is -2.28. The maximum Gasteiger partial charge on any atom is 0.230 e. The third-order valence-corrected chi connectivity index (χ3v) is 7.10. The van der Waals surface area contributed by atoms with E-state index in [1.54, 1.807) is 11.3 Å². The van der Waals surface area contributed by atoms with Crippen LogP contribution in [0.3, 0.4) is 0 Å². The van der Waals surface area contributed by atoms with Gasteiger partial charge >= 0.3 is 0 Å². The van der Waals surface area contributed by atoms with Gasteiger partial charge in [-0.05, 0) is 57.0 Å². The van der Waals surface area contributed by atoms with Gasteiger partial charge in [-0.1, -0.05) is 30.3 Å². The Morgan fingerprint density at radius 1 is 1.23 bits per heavy atom. The van der Waals surface area contributed by atoms with Gasteiger partial charge in [0.15, 0.2) is 5.16 Å². The highest BCUT2D eigenvalue weighted by Gasteiger charge is 2.12. The van der Waals surface area contributed by atoms with E-state index < -0.39 is 0 Å². The molecule has 3 aromatic rings. The van der Waals surface area contributed by atoms with Crippen molar-refractivity contribution in [3.63, 3.8) is 0 Å². The average Bonchev–Trinajstić information content (AvgIpc) is 3.41. The fourth-order valence-corrected chi connectivity index (χ4v) is 5.24. The predicted octanol–water partition coefficient (Wildman–Crippen LogP) is 4.68. The number of nitrogens with one attached hydrogen (secondary N) is 2. The molecule has 166 valence electrons. The molecule has 31 heavy (non-hydrogen) atoms. The summed E-state index contributed by atoms with van der Waals surface area (Å²) in [6.07, 6.45) is 5.85. The normalized spacial score (nSPS) is 14.7. The number of imidazole rings is 1. The van der Waals surface area contributed by atoms with Crippen LogP contribution in [0.15, 0.2) is 40.9 Å². The summed E-state index contributed by atoms with van der Waals surface area (Å²) in [5.41, 5.74) is 1.92. The zero-order valence-electron chi connectivity index (χ0n) is 17.8. The van der Waals surface area contributed by atoms with Crippen LogP contribution in [-0.4, -0.2) is 52.8 Å². The molecule has 0 aliphatic carbocycles. The van der Waals surface area contributed by atoms with E-state index in [4.69, 9.17) is 4.74 Å². The van der Waals surface area contributed by atoms with Gasteiger partial charge in [0, 0.05) is 23.3 Å². The Kier molecular flexibility index (Phi) is 8.26. The number of likely N-dealkylation sites (tertiary alicyclic amines) is 1. The first-order chi connectivity index (χ1) is 15.3. The van der Waals surface area contributed by atoms with Crippen molar-refractivity contribution in [1.82, 2.24) is 20.2 Å². The minimum absolute atomic E-state index is 0.0339. The van der Waals surface area contributed by atoms with E-state index in [1.807, 2.05) is 24.3 Å². The molecule has 4 rings (SSSR count). The Bertz CT molecular complexity index is 932. The average molecular weight is 459 g/mol. The number of ether oxygens (including phenoxy) is 1.